The minimum absolute atomic E-state index is 0.102. The highest BCUT2D eigenvalue weighted by molar-refractivity contribution is 6.15. The van der Waals surface area contributed by atoms with Gasteiger partial charge in [0.2, 0.25) is 0 Å². The molecule has 6 heteroatoms. The van der Waals surface area contributed by atoms with E-state index in [-0.39, 0.29) is 11.9 Å². The zero-order valence-corrected chi connectivity index (χ0v) is 14.8. The van der Waals surface area contributed by atoms with E-state index in [1.807, 2.05) is 60.7 Å². The van der Waals surface area contributed by atoms with Crippen LogP contribution < -0.4 is 10.4 Å². The molecule has 0 aliphatic carbocycles. The van der Waals surface area contributed by atoms with Crippen molar-refractivity contribution in [1.82, 2.24) is 5.48 Å². The molecule has 0 bridgehead atoms. The van der Waals surface area contributed by atoms with Crippen molar-refractivity contribution in [2.75, 3.05) is 11.5 Å². The summed E-state index contributed by atoms with van der Waals surface area (Å²) in [5.41, 5.74) is 5.52. The quantitative estimate of drug-likeness (QED) is 0.448. The number of hydrogen-bond donors (Lipinski definition) is 2. The lowest BCUT2D eigenvalue weighted by Crippen LogP contribution is -2.49. The first-order valence-corrected chi connectivity index (χ1v) is 8.53. The first-order valence-electron chi connectivity index (χ1n) is 8.53. The zero-order chi connectivity index (χ0) is 19.2. The van der Waals surface area contributed by atoms with Gasteiger partial charge in [-0.2, -0.15) is 0 Å². The molecule has 138 valence electrons. The largest absolute Gasteiger partial charge is 0.479 e. The highest BCUT2D eigenvalue weighted by Gasteiger charge is 2.43. The lowest BCUT2D eigenvalue weighted by Gasteiger charge is -2.43. The van der Waals surface area contributed by atoms with E-state index in [1.54, 1.807) is 24.0 Å². The zero-order valence-electron chi connectivity index (χ0n) is 14.8. The van der Waals surface area contributed by atoms with Gasteiger partial charge in [0.1, 0.15) is 0 Å². The lowest BCUT2D eigenvalue weighted by atomic mass is 9.86. The van der Waals surface area contributed by atoms with Crippen LogP contribution in [0.4, 0.5) is 5.69 Å². The number of para-hydroxylation sites is 1. The van der Waals surface area contributed by atoms with Crippen LogP contribution in [0.3, 0.4) is 0 Å². The molecule has 27 heavy (non-hydrogen) atoms. The van der Waals surface area contributed by atoms with Crippen molar-refractivity contribution in [2.45, 2.75) is 13.0 Å². The number of β-lactam (4-membered cyclic amide) rings is 1. The molecule has 1 unspecified atom stereocenters. The summed E-state index contributed by atoms with van der Waals surface area (Å²) in [7, 11) is 0. The number of hydroxylamine groups is 1. The fourth-order valence-corrected chi connectivity index (χ4v) is 2.93. The topological polar surface area (TPSA) is 78.9 Å². The average molecular weight is 364 g/mol. The molecular weight excluding hydrogens is 344 g/mol. The van der Waals surface area contributed by atoms with Gasteiger partial charge in [0, 0.05) is 11.3 Å². The summed E-state index contributed by atoms with van der Waals surface area (Å²) in [6.07, 6.45) is 3.41. The molecule has 1 saturated heterocycles. The summed E-state index contributed by atoms with van der Waals surface area (Å²) in [5, 5.41) is 8.67. The highest BCUT2D eigenvalue weighted by Crippen LogP contribution is 2.43. The number of amides is 1. The van der Waals surface area contributed by atoms with Crippen molar-refractivity contribution in [3.05, 3.63) is 89.6 Å². The van der Waals surface area contributed by atoms with Gasteiger partial charge in [0.15, 0.2) is 6.61 Å². The number of carboxylic acid groups (broad SMARTS) is 1. The van der Waals surface area contributed by atoms with Crippen LogP contribution in [0.2, 0.25) is 0 Å². The maximum atomic E-state index is 12.8. The van der Waals surface area contributed by atoms with Gasteiger partial charge in [-0.25, -0.2) is 4.79 Å². The van der Waals surface area contributed by atoms with Crippen LogP contribution >= 0.6 is 0 Å². The number of nitrogens with zero attached hydrogens (tertiary/aromatic N) is 1. The Bertz CT molecular complexity index is 876. The third kappa shape index (κ3) is 4.07. The second-order valence-electron chi connectivity index (χ2n) is 5.95. The van der Waals surface area contributed by atoms with Gasteiger partial charge in [0.25, 0.3) is 5.91 Å². The van der Waals surface area contributed by atoms with Crippen LogP contribution in [-0.2, 0) is 14.4 Å². The SMILES string of the molecule is CC=C(C=C1C(=O)N(c2ccccc2)C1c1ccccc1)NOCC(=O)O. The Balaban J connectivity index is 1.89. The van der Waals surface area contributed by atoms with Crippen LogP contribution in [-0.4, -0.2) is 23.6 Å². The predicted molar refractivity (Wildman–Crippen MR) is 102 cm³/mol. The molecule has 0 aromatic heterocycles. The van der Waals surface area contributed by atoms with Gasteiger partial charge in [-0.05, 0) is 30.7 Å². The summed E-state index contributed by atoms with van der Waals surface area (Å²) in [4.78, 5) is 30.1. The number of aliphatic carboxylic acids is 1. The Morgan fingerprint density at radius 1 is 1.15 bits per heavy atom. The molecule has 1 fully saturated rings. The van der Waals surface area contributed by atoms with Crippen LogP contribution in [0, 0.1) is 0 Å². The fourth-order valence-electron chi connectivity index (χ4n) is 2.93. The molecule has 6 nitrogen and oxygen atoms in total. The standard InChI is InChI=1S/C21H20N2O4/c1-2-16(22-27-14-19(24)25)13-18-20(15-9-5-3-6-10-15)23(21(18)26)17-11-7-4-8-12-17/h2-13,20,22H,14H2,1H3,(H,24,25). The number of hydrogen-bond acceptors (Lipinski definition) is 4. The van der Waals surface area contributed by atoms with Crippen molar-refractivity contribution < 1.29 is 19.5 Å². The molecule has 2 aromatic rings. The summed E-state index contributed by atoms with van der Waals surface area (Å²) < 4.78 is 0. The van der Waals surface area contributed by atoms with Crippen molar-refractivity contribution in [2.24, 2.45) is 0 Å². The number of benzene rings is 2. The summed E-state index contributed by atoms with van der Waals surface area (Å²) in [6, 6.07) is 19.0. The Kier molecular flexibility index (Phi) is 5.68. The maximum Gasteiger partial charge on any atom is 0.332 e. The van der Waals surface area contributed by atoms with Gasteiger partial charge in [-0.15, -0.1) is 0 Å². The van der Waals surface area contributed by atoms with E-state index in [0.29, 0.717) is 11.3 Å². The van der Waals surface area contributed by atoms with Crippen LogP contribution in [0.25, 0.3) is 0 Å². The van der Waals surface area contributed by atoms with E-state index in [1.165, 1.54) is 0 Å². The first-order chi connectivity index (χ1) is 13.1. The fraction of sp³-hybridized carbons (Fsp3) is 0.143. The van der Waals surface area contributed by atoms with E-state index >= 15 is 0 Å². The van der Waals surface area contributed by atoms with Crippen LogP contribution in [0.5, 0.6) is 0 Å². The number of rotatable bonds is 7. The molecule has 1 aliphatic rings. The van der Waals surface area contributed by atoms with E-state index in [4.69, 9.17) is 9.94 Å². The molecule has 1 amide bonds. The molecular formula is C21H20N2O4. The molecule has 0 spiro atoms. The maximum absolute atomic E-state index is 12.8. The number of anilines is 1. The number of nitrogens with one attached hydrogen (secondary N) is 1. The van der Waals surface area contributed by atoms with E-state index < -0.39 is 12.6 Å². The third-order valence-electron chi connectivity index (χ3n) is 4.18. The van der Waals surface area contributed by atoms with Crippen LogP contribution in [0.15, 0.2) is 84.1 Å². The summed E-state index contributed by atoms with van der Waals surface area (Å²) in [5.74, 6) is -1.18. The summed E-state index contributed by atoms with van der Waals surface area (Å²) in [6.45, 7) is 1.30. The van der Waals surface area contributed by atoms with E-state index in [0.717, 1.165) is 11.3 Å². The Hall–Kier alpha value is -3.38. The van der Waals surface area contributed by atoms with Crippen molar-refractivity contribution >= 4 is 17.6 Å². The van der Waals surface area contributed by atoms with Crippen molar-refractivity contribution in [1.29, 1.82) is 0 Å². The molecule has 3 rings (SSSR count). The monoisotopic (exact) mass is 364 g/mol. The minimum Gasteiger partial charge on any atom is -0.479 e. The van der Waals surface area contributed by atoms with Crippen molar-refractivity contribution in [3.63, 3.8) is 0 Å². The van der Waals surface area contributed by atoms with Crippen LogP contribution in [0.1, 0.15) is 18.5 Å². The van der Waals surface area contributed by atoms with Gasteiger partial charge in [0.05, 0.1) is 11.7 Å². The van der Waals surface area contributed by atoms with Gasteiger partial charge >= 0.3 is 5.97 Å². The Labute approximate surface area is 157 Å². The van der Waals surface area contributed by atoms with Gasteiger partial charge in [-0.3, -0.25) is 20.0 Å². The number of carboxylic acids is 1. The second-order valence-corrected chi connectivity index (χ2v) is 5.95. The van der Waals surface area contributed by atoms with Gasteiger partial charge < -0.3 is 5.11 Å². The molecule has 0 saturated carbocycles. The first kappa shape index (κ1) is 18.4. The minimum atomic E-state index is -1.08. The Morgan fingerprint density at radius 3 is 2.37 bits per heavy atom. The second kappa shape index (κ2) is 8.33. The predicted octanol–water partition coefficient (Wildman–Crippen LogP) is 3.21. The van der Waals surface area contributed by atoms with Gasteiger partial charge in [-0.1, -0.05) is 54.6 Å². The molecule has 1 heterocycles. The Morgan fingerprint density at radius 2 is 1.78 bits per heavy atom. The summed E-state index contributed by atoms with van der Waals surface area (Å²) >= 11 is 0. The lowest BCUT2D eigenvalue weighted by molar-refractivity contribution is -0.144. The number of carbonyl (C=O) groups is 2. The number of carbonyl (C=O) groups excluding carboxylic acids is 1. The highest BCUT2D eigenvalue weighted by atomic mass is 16.7. The van der Waals surface area contributed by atoms with E-state index in [9.17, 15) is 9.59 Å². The smallest absolute Gasteiger partial charge is 0.332 e. The molecule has 1 aliphatic heterocycles. The number of allylic oxidation sites excluding steroid dienone is 2. The molecule has 0 radical (unpaired) electrons. The molecule has 1 atom stereocenters. The third-order valence-corrected chi connectivity index (χ3v) is 4.18. The normalized spacial score (nSPS) is 18.3. The van der Waals surface area contributed by atoms with Crippen molar-refractivity contribution in [3.8, 4) is 0 Å². The average Bonchev–Trinajstić information content (AvgIpc) is 2.69. The molecule has 2 N–H and O–H groups in total. The molecule has 2 aromatic carbocycles. The van der Waals surface area contributed by atoms with E-state index in [2.05, 4.69) is 5.48 Å².